The quantitative estimate of drug-likeness (QED) is 0.813. The number of carbonyl (C=O) groups is 1. The van der Waals surface area contributed by atoms with Crippen LogP contribution in [0.2, 0.25) is 5.15 Å². The molecule has 1 aromatic rings. The number of urea groups is 1. The largest absolute Gasteiger partial charge is 0.335 e. The molecule has 1 aromatic heterocycles. The Balaban J connectivity index is 2.35. The second kappa shape index (κ2) is 6.45. The van der Waals surface area contributed by atoms with Gasteiger partial charge in [0.05, 0.1) is 0 Å². The van der Waals surface area contributed by atoms with Crippen molar-refractivity contribution >= 4 is 17.6 Å². The zero-order valence-corrected chi connectivity index (χ0v) is 11.1. The van der Waals surface area contributed by atoms with Crippen LogP contribution >= 0.6 is 11.6 Å². The van der Waals surface area contributed by atoms with Gasteiger partial charge in [0.15, 0.2) is 0 Å². The van der Waals surface area contributed by atoms with Gasteiger partial charge in [-0.2, -0.15) is 0 Å². The first-order chi connectivity index (χ1) is 7.99. The molecular formula is C12H18ClN3O. The number of pyridine rings is 1. The Morgan fingerprint density at radius 2 is 2.12 bits per heavy atom. The lowest BCUT2D eigenvalue weighted by atomic mass is 10.1. The number of carbonyl (C=O) groups excluding carboxylic acids is 1. The van der Waals surface area contributed by atoms with Crippen LogP contribution in [-0.2, 0) is 6.54 Å². The van der Waals surface area contributed by atoms with Crippen molar-refractivity contribution in [2.45, 2.75) is 33.4 Å². The van der Waals surface area contributed by atoms with E-state index in [0.717, 1.165) is 5.56 Å². The van der Waals surface area contributed by atoms with Crippen LogP contribution in [0.25, 0.3) is 0 Å². The van der Waals surface area contributed by atoms with Crippen LogP contribution in [0.5, 0.6) is 0 Å². The van der Waals surface area contributed by atoms with Crippen LogP contribution in [0, 0.1) is 5.92 Å². The van der Waals surface area contributed by atoms with Gasteiger partial charge in [0.25, 0.3) is 0 Å². The molecule has 0 saturated heterocycles. The fraction of sp³-hybridized carbons (Fsp3) is 0.500. The zero-order valence-electron chi connectivity index (χ0n) is 10.3. The van der Waals surface area contributed by atoms with Crippen molar-refractivity contribution in [2.75, 3.05) is 0 Å². The Labute approximate surface area is 107 Å². The van der Waals surface area contributed by atoms with E-state index in [1.807, 2.05) is 13.0 Å². The maximum atomic E-state index is 11.5. The number of rotatable bonds is 4. The van der Waals surface area contributed by atoms with Crippen molar-refractivity contribution in [3.05, 3.63) is 29.0 Å². The summed E-state index contributed by atoms with van der Waals surface area (Å²) in [6.45, 7) is 6.55. The zero-order chi connectivity index (χ0) is 12.8. The topological polar surface area (TPSA) is 54.0 Å². The van der Waals surface area contributed by atoms with Crippen LogP contribution in [0.4, 0.5) is 4.79 Å². The molecule has 0 spiro atoms. The maximum absolute atomic E-state index is 11.5. The van der Waals surface area contributed by atoms with Crippen molar-refractivity contribution in [1.82, 2.24) is 15.6 Å². The average molecular weight is 256 g/mol. The van der Waals surface area contributed by atoms with Crippen LogP contribution in [0.3, 0.4) is 0 Å². The van der Waals surface area contributed by atoms with E-state index < -0.39 is 0 Å². The fourth-order valence-electron chi connectivity index (χ4n) is 1.12. The first-order valence-corrected chi connectivity index (χ1v) is 6.01. The van der Waals surface area contributed by atoms with Crippen LogP contribution in [0.1, 0.15) is 26.3 Å². The van der Waals surface area contributed by atoms with Gasteiger partial charge in [-0.1, -0.05) is 31.5 Å². The first-order valence-electron chi connectivity index (χ1n) is 5.64. The summed E-state index contributed by atoms with van der Waals surface area (Å²) in [6, 6.07) is 3.52. The number of hydrogen-bond acceptors (Lipinski definition) is 2. The molecule has 4 nitrogen and oxygen atoms in total. The highest BCUT2D eigenvalue weighted by Crippen LogP contribution is 2.04. The third-order valence-corrected chi connectivity index (χ3v) is 2.82. The van der Waals surface area contributed by atoms with Crippen molar-refractivity contribution in [3.8, 4) is 0 Å². The predicted molar refractivity (Wildman–Crippen MR) is 68.9 cm³/mol. The first kappa shape index (κ1) is 13.8. The molecule has 17 heavy (non-hydrogen) atoms. The van der Waals surface area contributed by atoms with Crippen molar-refractivity contribution in [2.24, 2.45) is 5.92 Å². The molecule has 0 aliphatic carbocycles. The molecule has 0 aromatic carbocycles. The number of amides is 2. The highest BCUT2D eigenvalue weighted by atomic mass is 35.5. The van der Waals surface area contributed by atoms with Crippen molar-refractivity contribution in [1.29, 1.82) is 0 Å². The molecule has 5 heteroatoms. The lowest BCUT2D eigenvalue weighted by Crippen LogP contribution is -2.42. The minimum absolute atomic E-state index is 0.151. The van der Waals surface area contributed by atoms with Gasteiger partial charge in [0.1, 0.15) is 5.15 Å². The average Bonchev–Trinajstić information content (AvgIpc) is 2.28. The van der Waals surface area contributed by atoms with Gasteiger partial charge in [-0.3, -0.25) is 0 Å². The lowest BCUT2D eigenvalue weighted by Gasteiger charge is -2.17. The molecule has 0 radical (unpaired) electrons. The summed E-state index contributed by atoms with van der Waals surface area (Å²) in [5.41, 5.74) is 0.918. The Kier molecular flexibility index (Phi) is 5.22. The van der Waals surface area contributed by atoms with Crippen LogP contribution in [-0.4, -0.2) is 17.1 Å². The molecule has 0 saturated carbocycles. The van der Waals surface area contributed by atoms with E-state index in [2.05, 4.69) is 29.5 Å². The van der Waals surface area contributed by atoms with Gasteiger partial charge in [0.2, 0.25) is 0 Å². The molecule has 0 aliphatic heterocycles. The normalized spacial score (nSPS) is 12.3. The maximum Gasteiger partial charge on any atom is 0.315 e. The monoisotopic (exact) mass is 255 g/mol. The molecule has 1 rings (SSSR count). The fourth-order valence-corrected chi connectivity index (χ4v) is 1.23. The summed E-state index contributed by atoms with van der Waals surface area (Å²) < 4.78 is 0. The number of halogens is 1. The number of nitrogens with one attached hydrogen (secondary N) is 2. The molecule has 94 valence electrons. The molecule has 0 aliphatic rings. The minimum Gasteiger partial charge on any atom is -0.335 e. The molecule has 2 N–H and O–H groups in total. The summed E-state index contributed by atoms with van der Waals surface area (Å²) >= 11 is 5.67. The molecule has 0 bridgehead atoms. The van der Waals surface area contributed by atoms with Gasteiger partial charge in [-0.05, 0) is 24.5 Å². The Morgan fingerprint density at radius 1 is 1.41 bits per heavy atom. The van der Waals surface area contributed by atoms with Gasteiger partial charge in [-0.15, -0.1) is 0 Å². The van der Waals surface area contributed by atoms with Gasteiger partial charge in [0, 0.05) is 18.8 Å². The molecular weight excluding hydrogens is 238 g/mol. The molecule has 1 heterocycles. The second-order valence-electron chi connectivity index (χ2n) is 4.35. The third kappa shape index (κ3) is 5.04. The summed E-state index contributed by atoms with van der Waals surface area (Å²) in [5, 5.41) is 6.09. The van der Waals surface area contributed by atoms with E-state index >= 15 is 0 Å². The van der Waals surface area contributed by atoms with Crippen LogP contribution < -0.4 is 10.6 Å². The lowest BCUT2D eigenvalue weighted by molar-refractivity contribution is 0.234. The Bertz CT molecular complexity index is 365. The van der Waals surface area contributed by atoms with E-state index in [1.54, 1.807) is 12.3 Å². The number of hydrogen-bond donors (Lipinski definition) is 2. The third-order valence-electron chi connectivity index (χ3n) is 2.60. The molecule has 0 fully saturated rings. The molecule has 2 amide bonds. The van der Waals surface area contributed by atoms with Crippen molar-refractivity contribution in [3.63, 3.8) is 0 Å². The summed E-state index contributed by atoms with van der Waals surface area (Å²) in [4.78, 5) is 15.5. The highest BCUT2D eigenvalue weighted by Gasteiger charge is 2.09. The Hall–Kier alpha value is -1.29. The van der Waals surface area contributed by atoms with E-state index in [9.17, 15) is 4.79 Å². The highest BCUT2D eigenvalue weighted by molar-refractivity contribution is 6.29. The van der Waals surface area contributed by atoms with E-state index in [4.69, 9.17) is 11.6 Å². The molecule has 1 atom stereocenters. The van der Waals surface area contributed by atoms with E-state index in [1.165, 1.54) is 0 Å². The predicted octanol–water partition coefficient (Wildman–Crippen LogP) is 2.58. The smallest absolute Gasteiger partial charge is 0.315 e. The number of aromatic nitrogens is 1. The summed E-state index contributed by atoms with van der Waals surface area (Å²) in [5.74, 6) is 0.415. The summed E-state index contributed by atoms with van der Waals surface area (Å²) in [6.07, 6.45) is 1.65. The SMILES string of the molecule is CC(C)[C@@H](C)NC(=O)NCc1ccc(Cl)nc1. The van der Waals surface area contributed by atoms with Gasteiger partial charge in [-0.25, -0.2) is 9.78 Å². The van der Waals surface area contributed by atoms with Crippen LogP contribution in [0.15, 0.2) is 18.3 Å². The second-order valence-corrected chi connectivity index (χ2v) is 4.74. The minimum atomic E-state index is -0.166. The van der Waals surface area contributed by atoms with E-state index in [0.29, 0.717) is 17.6 Å². The Morgan fingerprint density at radius 3 is 2.65 bits per heavy atom. The number of nitrogens with zero attached hydrogens (tertiary/aromatic N) is 1. The van der Waals surface area contributed by atoms with Gasteiger partial charge >= 0.3 is 6.03 Å². The van der Waals surface area contributed by atoms with Gasteiger partial charge < -0.3 is 10.6 Å². The van der Waals surface area contributed by atoms with Crippen molar-refractivity contribution < 1.29 is 4.79 Å². The molecule has 0 unspecified atom stereocenters. The standard InChI is InChI=1S/C12H18ClN3O/c1-8(2)9(3)16-12(17)15-7-10-4-5-11(13)14-6-10/h4-6,8-9H,7H2,1-3H3,(H2,15,16,17)/t9-/m1/s1. The van der Waals surface area contributed by atoms with E-state index in [-0.39, 0.29) is 12.1 Å². The summed E-state index contributed by atoms with van der Waals surface area (Å²) in [7, 11) is 0.